The van der Waals surface area contributed by atoms with E-state index in [0.29, 0.717) is 5.41 Å². The van der Waals surface area contributed by atoms with Crippen LogP contribution in [0.2, 0.25) is 0 Å². The van der Waals surface area contributed by atoms with Crippen LogP contribution in [0.5, 0.6) is 0 Å². The van der Waals surface area contributed by atoms with E-state index in [1.807, 2.05) is 0 Å². The lowest BCUT2D eigenvalue weighted by atomic mass is 10.0. The Hall–Kier alpha value is -1.02. The van der Waals surface area contributed by atoms with Gasteiger partial charge in [0.15, 0.2) is 0 Å². The predicted molar refractivity (Wildman–Crippen MR) is 65.1 cm³/mol. The number of rotatable bonds is 5. The Morgan fingerprint density at radius 1 is 1.27 bits per heavy atom. The van der Waals surface area contributed by atoms with Crippen molar-refractivity contribution in [3.05, 3.63) is 30.3 Å². The van der Waals surface area contributed by atoms with E-state index in [0.717, 1.165) is 13.1 Å². The molecule has 0 heterocycles. The van der Waals surface area contributed by atoms with Crippen LogP contribution < -0.4 is 10.6 Å². The third-order valence-electron chi connectivity index (χ3n) is 3.56. The van der Waals surface area contributed by atoms with Crippen LogP contribution in [0.25, 0.3) is 0 Å². The molecule has 2 nitrogen and oxygen atoms in total. The first-order valence-electron chi connectivity index (χ1n) is 5.72. The van der Waals surface area contributed by atoms with Crippen molar-refractivity contribution in [3.63, 3.8) is 0 Å². The number of nitrogens with zero attached hydrogens (tertiary/aromatic N) is 1. The molecule has 0 unspecified atom stereocenters. The molecule has 0 atom stereocenters. The van der Waals surface area contributed by atoms with Crippen LogP contribution in [0.4, 0.5) is 5.69 Å². The van der Waals surface area contributed by atoms with Crippen molar-refractivity contribution in [2.24, 2.45) is 11.1 Å². The molecule has 0 saturated heterocycles. The van der Waals surface area contributed by atoms with Crippen molar-refractivity contribution >= 4 is 5.69 Å². The molecule has 1 aliphatic rings. The lowest BCUT2D eigenvalue weighted by Crippen LogP contribution is -2.25. The van der Waals surface area contributed by atoms with Crippen molar-refractivity contribution in [3.8, 4) is 0 Å². The van der Waals surface area contributed by atoms with Crippen LogP contribution in [0.15, 0.2) is 30.3 Å². The third-order valence-corrected chi connectivity index (χ3v) is 3.56. The molecule has 0 aromatic heterocycles. The summed E-state index contributed by atoms with van der Waals surface area (Å²) in [5.74, 6) is 0. The molecule has 0 spiro atoms. The van der Waals surface area contributed by atoms with Crippen LogP contribution in [0.3, 0.4) is 0 Å². The maximum Gasteiger partial charge on any atom is 0.0363 e. The highest BCUT2D eigenvalue weighted by molar-refractivity contribution is 5.44. The average molecular weight is 204 g/mol. The van der Waals surface area contributed by atoms with E-state index >= 15 is 0 Å². The molecule has 1 fully saturated rings. The maximum atomic E-state index is 5.78. The van der Waals surface area contributed by atoms with Gasteiger partial charge in [0.1, 0.15) is 0 Å². The molecule has 82 valence electrons. The molecule has 1 saturated carbocycles. The third kappa shape index (κ3) is 2.51. The summed E-state index contributed by atoms with van der Waals surface area (Å²) in [5.41, 5.74) is 7.56. The van der Waals surface area contributed by atoms with E-state index in [1.54, 1.807) is 0 Å². The molecule has 0 amide bonds. The van der Waals surface area contributed by atoms with E-state index < -0.39 is 0 Å². The van der Waals surface area contributed by atoms with Crippen LogP contribution in [-0.4, -0.2) is 20.1 Å². The Bertz CT molecular complexity index is 304. The van der Waals surface area contributed by atoms with Crippen molar-refractivity contribution in [1.29, 1.82) is 0 Å². The summed E-state index contributed by atoms with van der Waals surface area (Å²) < 4.78 is 0. The van der Waals surface area contributed by atoms with E-state index in [-0.39, 0.29) is 0 Å². The minimum atomic E-state index is 0.489. The summed E-state index contributed by atoms with van der Waals surface area (Å²) in [5, 5.41) is 0. The van der Waals surface area contributed by atoms with Gasteiger partial charge in [0, 0.05) is 19.3 Å². The maximum absolute atomic E-state index is 5.78. The van der Waals surface area contributed by atoms with Gasteiger partial charge in [0.2, 0.25) is 0 Å². The van der Waals surface area contributed by atoms with E-state index in [2.05, 4.69) is 42.3 Å². The van der Waals surface area contributed by atoms with Gasteiger partial charge in [-0.3, -0.25) is 0 Å². The summed E-state index contributed by atoms with van der Waals surface area (Å²) in [7, 11) is 2.15. The van der Waals surface area contributed by atoms with E-state index in [1.165, 1.54) is 24.9 Å². The standard InChI is InChI=1S/C13H20N2/c1-15(12-5-3-2-4-6-12)10-9-13(11-14)7-8-13/h2-6H,7-11,14H2,1H3. The summed E-state index contributed by atoms with van der Waals surface area (Å²) >= 11 is 0. The Morgan fingerprint density at radius 2 is 1.93 bits per heavy atom. The van der Waals surface area contributed by atoms with Crippen molar-refractivity contribution < 1.29 is 0 Å². The van der Waals surface area contributed by atoms with Gasteiger partial charge in [-0.1, -0.05) is 18.2 Å². The van der Waals surface area contributed by atoms with Gasteiger partial charge < -0.3 is 10.6 Å². The molecular weight excluding hydrogens is 184 g/mol. The van der Waals surface area contributed by atoms with Gasteiger partial charge in [-0.25, -0.2) is 0 Å². The predicted octanol–water partition coefficient (Wildman–Crippen LogP) is 2.25. The lowest BCUT2D eigenvalue weighted by molar-refractivity contribution is 0.481. The number of hydrogen-bond acceptors (Lipinski definition) is 2. The van der Waals surface area contributed by atoms with Gasteiger partial charge >= 0.3 is 0 Å². The fourth-order valence-electron chi connectivity index (χ4n) is 1.95. The Kier molecular flexibility index (Phi) is 2.96. The van der Waals surface area contributed by atoms with Gasteiger partial charge in [-0.15, -0.1) is 0 Å². The monoisotopic (exact) mass is 204 g/mol. The zero-order valence-electron chi connectivity index (χ0n) is 9.45. The molecule has 0 radical (unpaired) electrons. The minimum absolute atomic E-state index is 0.489. The zero-order valence-corrected chi connectivity index (χ0v) is 9.45. The van der Waals surface area contributed by atoms with Crippen LogP contribution in [-0.2, 0) is 0 Å². The lowest BCUT2D eigenvalue weighted by Gasteiger charge is -2.22. The number of nitrogens with two attached hydrogens (primary N) is 1. The summed E-state index contributed by atoms with van der Waals surface area (Å²) in [6.45, 7) is 1.97. The van der Waals surface area contributed by atoms with Gasteiger partial charge in [-0.05, 0) is 43.4 Å². The summed E-state index contributed by atoms with van der Waals surface area (Å²) in [6, 6.07) is 10.5. The van der Waals surface area contributed by atoms with Gasteiger partial charge in [0.05, 0.1) is 0 Å². The zero-order chi connectivity index (χ0) is 10.7. The molecule has 1 aromatic rings. The highest BCUT2D eigenvalue weighted by atomic mass is 15.1. The van der Waals surface area contributed by atoms with Crippen molar-refractivity contribution in [2.45, 2.75) is 19.3 Å². The Morgan fingerprint density at radius 3 is 2.47 bits per heavy atom. The minimum Gasteiger partial charge on any atom is -0.375 e. The van der Waals surface area contributed by atoms with Crippen LogP contribution in [0, 0.1) is 5.41 Å². The second kappa shape index (κ2) is 4.23. The van der Waals surface area contributed by atoms with Crippen LogP contribution in [0.1, 0.15) is 19.3 Å². The fourth-order valence-corrected chi connectivity index (χ4v) is 1.95. The highest BCUT2D eigenvalue weighted by Gasteiger charge is 2.40. The smallest absolute Gasteiger partial charge is 0.0363 e. The molecule has 2 N–H and O–H groups in total. The molecule has 15 heavy (non-hydrogen) atoms. The second-order valence-corrected chi connectivity index (χ2v) is 4.71. The fraction of sp³-hybridized carbons (Fsp3) is 0.538. The number of para-hydroxylation sites is 1. The van der Waals surface area contributed by atoms with Gasteiger partial charge in [-0.2, -0.15) is 0 Å². The quantitative estimate of drug-likeness (QED) is 0.797. The molecule has 2 rings (SSSR count). The van der Waals surface area contributed by atoms with E-state index in [9.17, 15) is 0 Å². The molecule has 1 aliphatic carbocycles. The van der Waals surface area contributed by atoms with Crippen molar-refractivity contribution in [1.82, 2.24) is 0 Å². The molecular formula is C13H20N2. The molecule has 2 heteroatoms. The Labute approximate surface area is 92.1 Å². The average Bonchev–Trinajstić information content (AvgIpc) is 3.08. The van der Waals surface area contributed by atoms with Crippen LogP contribution >= 0.6 is 0 Å². The normalized spacial score (nSPS) is 17.5. The second-order valence-electron chi connectivity index (χ2n) is 4.71. The summed E-state index contributed by atoms with van der Waals surface area (Å²) in [6.07, 6.45) is 3.88. The first kappa shape index (κ1) is 10.5. The summed E-state index contributed by atoms with van der Waals surface area (Å²) in [4.78, 5) is 2.32. The van der Waals surface area contributed by atoms with E-state index in [4.69, 9.17) is 5.73 Å². The first-order valence-corrected chi connectivity index (χ1v) is 5.72. The largest absolute Gasteiger partial charge is 0.375 e. The number of anilines is 1. The SMILES string of the molecule is CN(CCC1(CN)CC1)c1ccccc1. The van der Waals surface area contributed by atoms with Crippen molar-refractivity contribution in [2.75, 3.05) is 25.0 Å². The highest BCUT2D eigenvalue weighted by Crippen LogP contribution is 2.47. The Balaban J connectivity index is 1.85. The number of benzene rings is 1. The topological polar surface area (TPSA) is 29.3 Å². The molecule has 0 aliphatic heterocycles. The number of hydrogen-bond donors (Lipinski definition) is 1. The first-order chi connectivity index (χ1) is 7.26. The molecule has 0 bridgehead atoms. The van der Waals surface area contributed by atoms with Gasteiger partial charge in [0.25, 0.3) is 0 Å². The molecule has 1 aromatic carbocycles.